The molecule has 0 bridgehead atoms. The molecule has 5 nitrogen and oxygen atoms in total. The molecule has 1 unspecified atom stereocenters. The lowest BCUT2D eigenvalue weighted by Crippen LogP contribution is -2.54. The summed E-state index contributed by atoms with van der Waals surface area (Å²) in [7, 11) is 0. The maximum atomic E-state index is 13.6. The Bertz CT molecular complexity index is 1140. The van der Waals surface area contributed by atoms with Crippen molar-refractivity contribution in [1.82, 2.24) is 10.2 Å². The van der Waals surface area contributed by atoms with Gasteiger partial charge < -0.3 is 15.0 Å². The molecule has 3 aromatic rings. The van der Waals surface area contributed by atoms with Crippen molar-refractivity contribution < 1.29 is 18.7 Å². The van der Waals surface area contributed by atoms with Gasteiger partial charge in [0.05, 0.1) is 6.61 Å². The van der Waals surface area contributed by atoms with Gasteiger partial charge in [0, 0.05) is 24.9 Å². The maximum Gasteiger partial charge on any atom is 0.243 e. The van der Waals surface area contributed by atoms with Gasteiger partial charge in [-0.3, -0.25) is 9.59 Å². The maximum absolute atomic E-state index is 13.6. The van der Waals surface area contributed by atoms with Crippen LogP contribution < -0.4 is 10.1 Å². The molecule has 3 aromatic carbocycles. The zero-order valence-electron chi connectivity index (χ0n) is 22.2. The predicted molar refractivity (Wildman–Crippen MR) is 145 cm³/mol. The number of nitrogens with zero attached hydrogens (tertiary/aromatic N) is 1. The number of benzene rings is 3. The number of hydrogen-bond acceptors (Lipinski definition) is 3. The number of halogens is 1. The number of amides is 2. The van der Waals surface area contributed by atoms with Gasteiger partial charge in [-0.05, 0) is 69.5 Å². The number of hydrogen-bond donors (Lipinski definition) is 1. The minimum atomic E-state index is -0.725. The van der Waals surface area contributed by atoms with Gasteiger partial charge in [-0.1, -0.05) is 60.2 Å². The fourth-order valence-electron chi connectivity index (χ4n) is 3.98. The van der Waals surface area contributed by atoms with Crippen molar-refractivity contribution in [1.29, 1.82) is 0 Å². The highest BCUT2D eigenvalue weighted by Crippen LogP contribution is 2.18. The van der Waals surface area contributed by atoms with Crippen LogP contribution in [0, 0.1) is 12.7 Å². The van der Waals surface area contributed by atoms with E-state index in [4.69, 9.17) is 4.74 Å². The fraction of sp³-hybridized carbons (Fsp3) is 0.355. The Balaban J connectivity index is 1.80. The molecular formula is C31H37FN2O3. The number of nitrogens with one attached hydrogen (secondary N) is 1. The number of ether oxygens (including phenoxy) is 1. The van der Waals surface area contributed by atoms with Gasteiger partial charge in [0.15, 0.2) is 0 Å². The number of rotatable bonds is 11. The normalized spacial score (nSPS) is 12.0. The van der Waals surface area contributed by atoms with E-state index in [1.807, 2.05) is 82.3 Å². The number of carbonyl (C=O) groups is 2. The minimum Gasteiger partial charge on any atom is -0.494 e. The van der Waals surface area contributed by atoms with Crippen LogP contribution in [0.3, 0.4) is 0 Å². The average Bonchev–Trinajstić information content (AvgIpc) is 2.85. The van der Waals surface area contributed by atoms with Crippen LogP contribution in [0.2, 0.25) is 0 Å². The molecule has 3 rings (SSSR count). The highest BCUT2D eigenvalue weighted by Gasteiger charge is 2.32. The van der Waals surface area contributed by atoms with Gasteiger partial charge in [0.25, 0.3) is 0 Å². The van der Waals surface area contributed by atoms with E-state index < -0.39 is 11.6 Å². The Hall–Kier alpha value is -3.67. The molecule has 0 aliphatic carbocycles. The Kier molecular flexibility index (Phi) is 9.84. The van der Waals surface area contributed by atoms with Gasteiger partial charge in [-0.15, -0.1) is 0 Å². The lowest BCUT2D eigenvalue weighted by atomic mass is 10.00. The molecule has 0 heterocycles. The molecule has 0 saturated heterocycles. The molecule has 1 N–H and O–H groups in total. The van der Waals surface area contributed by atoms with Crippen molar-refractivity contribution in [3.63, 3.8) is 0 Å². The lowest BCUT2D eigenvalue weighted by molar-refractivity contribution is -0.142. The van der Waals surface area contributed by atoms with Gasteiger partial charge >= 0.3 is 0 Å². The minimum absolute atomic E-state index is 0.151. The number of aryl methyl sites for hydroxylation is 1. The zero-order chi connectivity index (χ0) is 26.8. The van der Waals surface area contributed by atoms with Gasteiger partial charge in [-0.25, -0.2) is 4.39 Å². The van der Waals surface area contributed by atoms with E-state index in [1.165, 1.54) is 12.1 Å². The van der Waals surface area contributed by atoms with Crippen LogP contribution >= 0.6 is 0 Å². The standard InChI is InChI=1S/C31H37FN2O3/c1-23-12-18-27(19-13-23)37-20-8-11-29(35)34(22-25-14-16-26(32)17-15-25)28(30(36)33-31(2,3)4)21-24-9-6-5-7-10-24/h5-7,9-10,12-19,28H,8,11,20-22H2,1-4H3,(H,33,36). The third kappa shape index (κ3) is 9.37. The first kappa shape index (κ1) is 27.9. The second-order valence-corrected chi connectivity index (χ2v) is 10.4. The first-order valence-electron chi connectivity index (χ1n) is 12.7. The second kappa shape index (κ2) is 13.0. The van der Waals surface area contributed by atoms with Crippen LogP contribution in [0.1, 0.15) is 50.3 Å². The van der Waals surface area contributed by atoms with Gasteiger partial charge in [0.1, 0.15) is 17.6 Å². The summed E-state index contributed by atoms with van der Waals surface area (Å²) in [6, 6.07) is 22.8. The molecule has 0 radical (unpaired) electrons. The first-order valence-corrected chi connectivity index (χ1v) is 12.7. The molecule has 6 heteroatoms. The summed E-state index contributed by atoms with van der Waals surface area (Å²) in [5.74, 6) is 0.0402. The van der Waals surface area contributed by atoms with Crippen LogP contribution in [-0.4, -0.2) is 34.9 Å². The number of carbonyl (C=O) groups excluding carboxylic acids is 2. The van der Waals surface area contributed by atoms with E-state index in [0.717, 1.165) is 22.4 Å². The third-order valence-corrected chi connectivity index (χ3v) is 5.86. The summed E-state index contributed by atoms with van der Waals surface area (Å²) in [6.45, 7) is 8.35. The van der Waals surface area contributed by atoms with Crippen molar-refractivity contribution >= 4 is 11.8 Å². The van der Waals surface area contributed by atoms with Crippen LogP contribution in [-0.2, 0) is 22.6 Å². The average molecular weight is 505 g/mol. The van der Waals surface area contributed by atoms with E-state index in [2.05, 4.69) is 5.32 Å². The molecule has 196 valence electrons. The monoisotopic (exact) mass is 504 g/mol. The van der Waals surface area contributed by atoms with E-state index >= 15 is 0 Å². The summed E-state index contributed by atoms with van der Waals surface area (Å²) in [5.41, 5.74) is 2.40. The lowest BCUT2D eigenvalue weighted by Gasteiger charge is -2.34. The predicted octanol–water partition coefficient (Wildman–Crippen LogP) is 5.85. The quantitative estimate of drug-likeness (QED) is 0.334. The first-order chi connectivity index (χ1) is 17.6. The molecule has 0 fully saturated rings. The molecule has 2 amide bonds. The van der Waals surface area contributed by atoms with Crippen LogP contribution in [0.15, 0.2) is 78.9 Å². The zero-order valence-corrected chi connectivity index (χ0v) is 22.2. The van der Waals surface area contributed by atoms with E-state index in [0.29, 0.717) is 19.4 Å². The van der Waals surface area contributed by atoms with Crippen molar-refractivity contribution in [2.75, 3.05) is 6.61 Å². The highest BCUT2D eigenvalue weighted by molar-refractivity contribution is 5.88. The van der Waals surface area contributed by atoms with Crippen LogP contribution in [0.4, 0.5) is 4.39 Å². The third-order valence-electron chi connectivity index (χ3n) is 5.86. The smallest absolute Gasteiger partial charge is 0.243 e. The summed E-state index contributed by atoms with van der Waals surface area (Å²) >= 11 is 0. The Labute approximate surface area is 219 Å². The molecule has 1 atom stereocenters. The van der Waals surface area contributed by atoms with Crippen LogP contribution in [0.5, 0.6) is 5.75 Å². The summed E-state index contributed by atoms with van der Waals surface area (Å²) < 4.78 is 19.4. The summed E-state index contributed by atoms with van der Waals surface area (Å²) in [4.78, 5) is 28.7. The molecule has 37 heavy (non-hydrogen) atoms. The summed E-state index contributed by atoms with van der Waals surface area (Å²) in [5, 5.41) is 3.05. The Morgan fingerprint density at radius 1 is 0.919 bits per heavy atom. The van der Waals surface area contributed by atoms with Gasteiger partial charge in [-0.2, -0.15) is 0 Å². The SMILES string of the molecule is Cc1ccc(OCCCC(=O)N(Cc2ccc(F)cc2)C(Cc2ccccc2)C(=O)NC(C)(C)C)cc1. The molecule has 0 aliphatic heterocycles. The Morgan fingerprint density at radius 3 is 2.19 bits per heavy atom. The molecule has 0 spiro atoms. The largest absolute Gasteiger partial charge is 0.494 e. The highest BCUT2D eigenvalue weighted by atomic mass is 19.1. The van der Waals surface area contributed by atoms with Gasteiger partial charge in [0.2, 0.25) is 11.8 Å². The van der Waals surface area contributed by atoms with Crippen LogP contribution in [0.25, 0.3) is 0 Å². The molecule has 0 saturated carbocycles. The fourth-order valence-corrected chi connectivity index (χ4v) is 3.98. The van der Waals surface area contributed by atoms with Crippen molar-refractivity contribution in [2.45, 2.75) is 65.1 Å². The summed E-state index contributed by atoms with van der Waals surface area (Å²) in [6.07, 6.45) is 1.10. The van der Waals surface area contributed by atoms with Crippen molar-refractivity contribution in [3.8, 4) is 5.75 Å². The Morgan fingerprint density at radius 2 is 1.57 bits per heavy atom. The second-order valence-electron chi connectivity index (χ2n) is 10.4. The van der Waals surface area contributed by atoms with Crippen molar-refractivity contribution in [3.05, 3.63) is 101 Å². The van der Waals surface area contributed by atoms with Crippen molar-refractivity contribution in [2.24, 2.45) is 0 Å². The topological polar surface area (TPSA) is 58.6 Å². The van der Waals surface area contributed by atoms with E-state index in [1.54, 1.807) is 17.0 Å². The van der Waals surface area contributed by atoms with E-state index in [-0.39, 0.29) is 30.6 Å². The van der Waals surface area contributed by atoms with E-state index in [9.17, 15) is 14.0 Å². The molecule has 0 aliphatic rings. The molecular weight excluding hydrogens is 467 g/mol. The molecule has 0 aromatic heterocycles.